The normalized spacial score (nSPS) is 12.0. The number of fused-ring (bicyclic) bond motifs is 1. The van der Waals surface area contributed by atoms with Gasteiger partial charge in [-0.3, -0.25) is 0 Å². The smallest absolute Gasteiger partial charge is 0.263 e. The molecule has 0 bridgehead atoms. The lowest BCUT2D eigenvalue weighted by atomic mass is 10.2. The molecule has 0 aliphatic heterocycles. The molecule has 17 heavy (non-hydrogen) atoms. The van der Waals surface area contributed by atoms with Crippen molar-refractivity contribution in [2.24, 2.45) is 0 Å². The van der Waals surface area contributed by atoms with Crippen molar-refractivity contribution in [1.82, 2.24) is 4.98 Å². The Kier molecular flexibility index (Phi) is 3.01. The number of nitrogens with one attached hydrogen (secondary N) is 1. The molecule has 1 N–H and O–H groups in total. The van der Waals surface area contributed by atoms with Gasteiger partial charge in [-0.15, -0.1) is 0 Å². The Morgan fingerprint density at radius 2 is 1.94 bits per heavy atom. The van der Waals surface area contributed by atoms with Crippen LogP contribution in [0.1, 0.15) is 0 Å². The third-order valence-electron chi connectivity index (χ3n) is 2.45. The first-order valence-electron chi connectivity index (χ1n) is 4.74. The lowest BCUT2D eigenvalue weighted by molar-refractivity contribution is 0.610. The fourth-order valence-electron chi connectivity index (χ4n) is 1.77. The molecule has 0 amide bonds. The van der Waals surface area contributed by atoms with Crippen LogP contribution in [-0.4, -0.2) is 27.5 Å². The zero-order valence-electron chi connectivity index (χ0n) is 9.16. The molecule has 0 radical (unpaired) electrons. The third-order valence-corrected chi connectivity index (χ3v) is 4.12. The van der Waals surface area contributed by atoms with Crippen molar-refractivity contribution >= 4 is 47.9 Å². The SMILES string of the molecule is CN(C)c1c(Cl)ccc2c(S(=O)(=O)Cl)c[nH]c12. The topological polar surface area (TPSA) is 53.2 Å². The molecular formula is C10H10Cl2N2O2S. The van der Waals surface area contributed by atoms with Gasteiger partial charge in [0.2, 0.25) is 0 Å². The number of nitrogens with zero attached hydrogens (tertiary/aromatic N) is 1. The molecule has 92 valence electrons. The molecule has 4 nitrogen and oxygen atoms in total. The van der Waals surface area contributed by atoms with Gasteiger partial charge in [-0.05, 0) is 12.1 Å². The average molecular weight is 293 g/mol. The molecule has 7 heteroatoms. The number of aromatic nitrogens is 1. The van der Waals surface area contributed by atoms with Gasteiger partial charge < -0.3 is 9.88 Å². The Balaban J connectivity index is 2.87. The summed E-state index contributed by atoms with van der Waals surface area (Å²) in [6.45, 7) is 0. The van der Waals surface area contributed by atoms with Crippen LogP contribution in [0.15, 0.2) is 23.2 Å². The van der Waals surface area contributed by atoms with Crippen molar-refractivity contribution in [3.05, 3.63) is 23.4 Å². The summed E-state index contributed by atoms with van der Waals surface area (Å²) in [4.78, 5) is 4.77. The molecule has 0 spiro atoms. The summed E-state index contributed by atoms with van der Waals surface area (Å²) in [7, 11) is 5.25. The van der Waals surface area contributed by atoms with Crippen LogP contribution in [0, 0.1) is 0 Å². The van der Waals surface area contributed by atoms with E-state index in [1.807, 2.05) is 19.0 Å². The second-order valence-corrected chi connectivity index (χ2v) is 6.75. The van der Waals surface area contributed by atoms with Crippen LogP contribution in [0.4, 0.5) is 5.69 Å². The van der Waals surface area contributed by atoms with E-state index in [1.54, 1.807) is 12.1 Å². The number of benzene rings is 1. The van der Waals surface area contributed by atoms with Gasteiger partial charge in [-0.25, -0.2) is 8.42 Å². The first-order valence-corrected chi connectivity index (χ1v) is 7.42. The number of hydrogen-bond acceptors (Lipinski definition) is 3. The minimum absolute atomic E-state index is 0.0638. The Labute approximate surface area is 109 Å². The maximum atomic E-state index is 11.4. The van der Waals surface area contributed by atoms with Gasteiger partial charge in [-0.1, -0.05) is 11.6 Å². The second-order valence-electron chi connectivity index (χ2n) is 3.80. The maximum absolute atomic E-state index is 11.4. The van der Waals surface area contributed by atoms with Gasteiger partial charge in [0.05, 0.1) is 16.2 Å². The van der Waals surface area contributed by atoms with E-state index in [1.165, 1.54) is 6.20 Å². The van der Waals surface area contributed by atoms with Gasteiger partial charge in [0, 0.05) is 36.4 Å². The van der Waals surface area contributed by atoms with Crippen molar-refractivity contribution in [3.63, 3.8) is 0 Å². The summed E-state index contributed by atoms with van der Waals surface area (Å²) < 4.78 is 22.7. The zero-order valence-corrected chi connectivity index (χ0v) is 11.5. The molecule has 0 unspecified atom stereocenters. The highest BCUT2D eigenvalue weighted by molar-refractivity contribution is 8.14. The average Bonchev–Trinajstić information content (AvgIpc) is 2.59. The first kappa shape index (κ1) is 12.5. The van der Waals surface area contributed by atoms with Crippen LogP contribution in [-0.2, 0) is 9.05 Å². The van der Waals surface area contributed by atoms with Gasteiger partial charge in [-0.2, -0.15) is 0 Å². The monoisotopic (exact) mass is 292 g/mol. The van der Waals surface area contributed by atoms with E-state index in [2.05, 4.69) is 4.98 Å². The summed E-state index contributed by atoms with van der Waals surface area (Å²) in [5, 5.41) is 1.08. The van der Waals surface area contributed by atoms with Crippen LogP contribution < -0.4 is 4.90 Å². The Bertz CT molecular complexity index is 677. The molecule has 0 atom stereocenters. The zero-order chi connectivity index (χ0) is 12.8. The third kappa shape index (κ3) is 2.10. The van der Waals surface area contributed by atoms with E-state index in [0.717, 1.165) is 5.69 Å². The van der Waals surface area contributed by atoms with Crippen molar-refractivity contribution in [2.45, 2.75) is 4.90 Å². The minimum atomic E-state index is -3.76. The van der Waals surface area contributed by atoms with Crippen LogP contribution in [0.5, 0.6) is 0 Å². The van der Waals surface area contributed by atoms with Crippen LogP contribution in [0.3, 0.4) is 0 Å². The molecule has 2 rings (SSSR count). The highest BCUT2D eigenvalue weighted by Gasteiger charge is 2.19. The molecule has 1 aromatic heterocycles. The van der Waals surface area contributed by atoms with Gasteiger partial charge >= 0.3 is 0 Å². The van der Waals surface area contributed by atoms with Crippen LogP contribution in [0.2, 0.25) is 5.02 Å². The second kappa shape index (κ2) is 4.08. The molecule has 0 fully saturated rings. The molecule has 2 aromatic rings. The molecular weight excluding hydrogens is 283 g/mol. The number of rotatable bonds is 2. The summed E-state index contributed by atoms with van der Waals surface area (Å²) in [6, 6.07) is 3.29. The standard InChI is InChI=1S/C10H10Cl2N2O2S/c1-14(2)10-7(11)4-3-6-8(17(12,15)16)5-13-9(6)10/h3-5,13H,1-2H3. The van der Waals surface area contributed by atoms with Crippen LogP contribution in [0.25, 0.3) is 10.9 Å². The predicted molar refractivity (Wildman–Crippen MR) is 70.7 cm³/mol. The lowest BCUT2D eigenvalue weighted by Gasteiger charge is -2.15. The van der Waals surface area contributed by atoms with Crippen molar-refractivity contribution in [2.75, 3.05) is 19.0 Å². The van der Waals surface area contributed by atoms with Crippen molar-refractivity contribution in [3.8, 4) is 0 Å². The number of hydrogen-bond donors (Lipinski definition) is 1. The first-order chi connectivity index (χ1) is 7.82. The van der Waals surface area contributed by atoms with E-state index in [-0.39, 0.29) is 4.90 Å². The largest absolute Gasteiger partial charge is 0.375 e. The molecule has 0 aliphatic rings. The van der Waals surface area contributed by atoms with Gasteiger partial charge in [0.25, 0.3) is 9.05 Å². The summed E-state index contributed by atoms with van der Waals surface area (Å²) >= 11 is 6.08. The predicted octanol–water partition coefficient (Wildman–Crippen LogP) is 2.81. The Hall–Kier alpha value is -0.910. The van der Waals surface area contributed by atoms with Crippen molar-refractivity contribution in [1.29, 1.82) is 0 Å². The van der Waals surface area contributed by atoms with Crippen LogP contribution >= 0.6 is 22.3 Å². The van der Waals surface area contributed by atoms with E-state index >= 15 is 0 Å². The van der Waals surface area contributed by atoms with E-state index < -0.39 is 9.05 Å². The number of H-pyrrole nitrogens is 1. The van der Waals surface area contributed by atoms with E-state index in [9.17, 15) is 8.42 Å². The highest BCUT2D eigenvalue weighted by atomic mass is 35.7. The number of anilines is 1. The van der Waals surface area contributed by atoms with E-state index in [4.69, 9.17) is 22.3 Å². The van der Waals surface area contributed by atoms with Gasteiger partial charge in [0.1, 0.15) is 4.90 Å². The summed E-state index contributed by atoms with van der Waals surface area (Å²) in [6.07, 6.45) is 1.37. The summed E-state index contributed by atoms with van der Waals surface area (Å²) in [5.74, 6) is 0. The van der Waals surface area contributed by atoms with Gasteiger partial charge in [0.15, 0.2) is 0 Å². The molecule has 0 aliphatic carbocycles. The fraction of sp³-hybridized carbons (Fsp3) is 0.200. The fourth-order valence-corrected chi connectivity index (χ4v) is 3.11. The number of aromatic amines is 1. The van der Waals surface area contributed by atoms with Crippen molar-refractivity contribution < 1.29 is 8.42 Å². The molecule has 0 saturated heterocycles. The minimum Gasteiger partial charge on any atom is -0.375 e. The maximum Gasteiger partial charge on any atom is 0.263 e. The summed E-state index contributed by atoms with van der Waals surface area (Å²) in [5.41, 5.74) is 1.39. The Morgan fingerprint density at radius 3 is 2.47 bits per heavy atom. The quantitative estimate of drug-likeness (QED) is 0.866. The molecule has 1 heterocycles. The molecule has 0 saturated carbocycles. The van der Waals surface area contributed by atoms with E-state index in [0.29, 0.717) is 15.9 Å². The lowest BCUT2D eigenvalue weighted by Crippen LogP contribution is -2.09. The number of halogens is 2. The molecule has 1 aromatic carbocycles. The highest BCUT2D eigenvalue weighted by Crippen LogP contribution is 2.36. The Morgan fingerprint density at radius 1 is 1.29 bits per heavy atom.